The van der Waals surface area contributed by atoms with E-state index in [1.165, 1.54) is 5.56 Å². The number of alkyl carbamates (subject to hydrolysis) is 1. The van der Waals surface area contributed by atoms with Crippen molar-refractivity contribution in [3.63, 3.8) is 0 Å². The van der Waals surface area contributed by atoms with E-state index in [-0.39, 0.29) is 6.09 Å². The lowest BCUT2D eigenvalue weighted by atomic mass is 10.2. The van der Waals surface area contributed by atoms with E-state index in [1.54, 1.807) is 0 Å². The van der Waals surface area contributed by atoms with Crippen LogP contribution in [-0.4, -0.2) is 34.6 Å². The number of carbonyl (C=O) groups excluding carboxylic acids is 1. The van der Waals surface area contributed by atoms with Crippen LogP contribution >= 0.6 is 0 Å². The van der Waals surface area contributed by atoms with Gasteiger partial charge in [-0.15, -0.1) is 0 Å². The van der Waals surface area contributed by atoms with Gasteiger partial charge in [-0.3, -0.25) is 4.68 Å². The Balaban J connectivity index is 2.13. The van der Waals surface area contributed by atoms with Gasteiger partial charge in [0.05, 0.1) is 5.69 Å². The van der Waals surface area contributed by atoms with Crippen molar-refractivity contribution in [1.29, 1.82) is 0 Å². The van der Waals surface area contributed by atoms with E-state index in [1.807, 2.05) is 38.7 Å². The Labute approximate surface area is 127 Å². The smallest absolute Gasteiger partial charge is 0.407 e. The van der Waals surface area contributed by atoms with Gasteiger partial charge in [0, 0.05) is 31.9 Å². The van der Waals surface area contributed by atoms with Crippen LogP contribution < -0.4 is 10.6 Å². The first-order valence-electron chi connectivity index (χ1n) is 7.50. The maximum atomic E-state index is 11.4. The lowest BCUT2D eigenvalue weighted by Gasteiger charge is -2.19. The Kier molecular flexibility index (Phi) is 6.68. The van der Waals surface area contributed by atoms with Crippen LogP contribution in [0.25, 0.3) is 0 Å². The summed E-state index contributed by atoms with van der Waals surface area (Å²) in [4.78, 5) is 11.4. The van der Waals surface area contributed by atoms with Gasteiger partial charge in [0.1, 0.15) is 5.60 Å². The summed E-state index contributed by atoms with van der Waals surface area (Å²) in [6.45, 7) is 9.93. The fourth-order valence-electron chi connectivity index (χ4n) is 1.97. The summed E-state index contributed by atoms with van der Waals surface area (Å²) < 4.78 is 7.01. The number of hydrogen-bond donors (Lipinski definition) is 2. The lowest BCUT2D eigenvalue weighted by Crippen LogP contribution is -2.33. The minimum Gasteiger partial charge on any atom is -0.444 e. The molecule has 6 heteroatoms. The molecule has 6 nitrogen and oxygen atoms in total. The number of carbonyl (C=O) groups is 1. The van der Waals surface area contributed by atoms with Gasteiger partial charge in [-0.25, -0.2) is 4.79 Å². The van der Waals surface area contributed by atoms with E-state index in [0.29, 0.717) is 6.54 Å². The largest absolute Gasteiger partial charge is 0.444 e. The van der Waals surface area contributed by atoms with E-state index in [2.05, 4.69) is 22.7 Å². The van der Waals surface area contributed by atoms with Crippen molar-refractivity contribution < 1.29 is 9.53 Å². The minimum absolute atomic E-state index is 0.358. The summed E-state index contributed by atoms with van der Waals surface area (Å²) in [6, 6.07) is 0. The van der Waals surface area contributed by atoms with Crippen molar-refractivity contribution in [3.05, 3.63) is 17.5 Å². The molecule has 0 aliphatic carbocycles. The zero-order valence-corrected chi connectivity index (χ0v) is 13.8. The highest BCUT2D eigenvalue weighted by molar-refractivity contribution is 5.67. The Hall–Kier alpha value is -1.56. The fraction of sp³-hybridized carbons (Fsp3) is 0.733. The minimum atomic E-state index is -0.445. The summed E-state index contributed by atoms with van der Waals surface area (Å²) in [5.41, 5.74) is 1.93. The third kappa shape index (κ3) is 7.13. The molecule has 1 heterocycles. The third-order valence-corrected chi connectivity index (χ3v) is 2.84. The highest BCUT2D eigenvalue weighted by Gasteiger charge is 2.15. The quantitative estimate of drug-likeness (QED) is 0.755. The van der Waals surface area contributed by atoms with Crippen molar-refractivity contribution in [1.82, 2.24) is 20.4 Å². The van der Waals surface area contributed by atoms with Gasteiger partial charge >= 0.3 is 6.09 Å². The normalized spacial score (nSPS) is 11.5. The van der Waals surface area contributed by atoms with Crippen molar-refractivity contribution in [2.75, 3.05) is 13.1 Å². The van der Waals surface area contributed by atoms with Crippen LogP contribution in [0.15, 0.2) is 6.20 Å². The number of rotatable bonds is 7. The molecule has 0 saturated heterocycles. The van der Waals surface area contributed by atoms with Gasteiger partial charge < -0.3 is 15.4 Å². The Morgan fingerprint density at radius 1 is 1.38 bits per heavy atom. The topological polar surface area (TPSA) is 68.2 Å². The summed E-state index contributed by atoms with van der Waals surface area (Å²) in [6.07, 6.45) is 3.49. The molecule has 1 aromatic heterocycles. The van der Waals surface area contributed by atoms with Crippen LogP contribution in [0.3, 0.4) is 0 Å². The van der Waals surface area contributed by atoms with E-state index in [0.717, 1.165) is 31.6 Å². The molecule has 0 atom stereocenters. The molecule has 21 heavy (non-hydrogen) atoms. The van der Waals surface area contributed by atoms with Crippen LogP contribution in [0, 0.1) is 0 Å². The zero-order chi connectivity index (χ0) is 15.9. The Bertz CT molecular complexity index is 449. The average molecular weight is 296 g/mol. The summed E-state index contributed by atoms with van der Waals surface area (Å²) >= 11 is 0. The maximum absolute atomic E-state index is 11.4. The molecule has 120 valence electrons. The number of nitrogens with one attached hydrogen (secondary N) is 2. The molecule has 0 aliphatic rings. The number of ether oxygens (including phenoxy) is 1. The second-order valence-electron chi connectivity index (χ2n) is 6.09. The molecule has 0 aliphatic heterocycles. The molecule has 0 bridgehead atoms. The first-order chi connectivity index (χ1) is 9.81. The lowest BCUT2D eigenvalue weighted by molar-refractivity contribution is 0.0527. The molecule has 0 unspecified atom stereocenters. The van der Waals surface area contributed by atoms with E-state index in [4.69, 9.17) is 4.74 Å². The van der Waals surface area contributed by atoms with E-state index >= 15 is 0 Å². The monoisotopic (exact) mass is 296 g/mol. The fourth-order valence-corrected chi connectivity index (χ4v) is 1.97. The second kappa shape index (κ2) is 8.02. The average Bonchev–Trinajstić information content (AvgIpc) is 2.71. The third-order valence-electron chi connectivity index (χ3n) is 2.84. The first kappa shape index (κ1) is 17.5. The van der Waals surface area contributed by atoms with Gasteiger partial charge in [0.15, 0.2) is 0 Å². The molecule has 0 radical (unpaired) electrons. The molecular formula is C15H28N4O2. The molecule has 0 aromatic carbocycles. The van der Waals surface area contributed by atoms with Crippen LogP contribution in [0.2, 0.25) is 0 Å². The van der Waals surface area contributed by atoms with Gasteiger partial charge in [-0.05, 0) is 40.2 Å². The number of aryl methyl sites for hydroxylation is 2. The van der Waals surface area contributed by atoms with Crippen molar-refractivity contribution in [3.8, 4) is 0 Å². The molecular weight excluding hydrogens is 268 g/mol. The Morgan fingerprint density at radius 2 is 2.10 bits per heavy atom. The summed E-state index contributed by atoms with van der Waals surface area (Å²) in [5.74, 6) is 0. The predicted molar refractivity (Wildman–Crippen MR) is 83.1 cm³/mol. The number of aromatic nitrogens is 2. The molecule has 0 saturated carbocycles. The predicted octanol–water partition coefficient (Wildman–Crippen LogP) is 1.99. The number of nitrogens with zero attached hydrogens (tertiary/aromatic N) is 2. The standard InChI is InChI=1S/C15H28N4O2/c1-6-13-12(11-19(5)18-13)10-16-8-7-9-17-14(20)21-15(2,3)4/h11,16H,6-10H2,1-5H3,(H,17,20). The van der Waals surface area contributed by atoms with Crippen molar-refractivity contribution >= 4 is 6.09 Å². The zero-order valence-electron chi connectivity index (χ0n) is 13.8. The molecule has 1 aromatic rings. The SMILES string of the molecule is CCc1nn(C)cc1CNCCCNC(=O)OC(C)(C)C. The van der Waals surface area contributed by atoms with Gasteiger partial charge in [0.25, 0.3) is 0 Å². The second-order valence-corrected chi connectivity index (χ2v) is 6.09. The number of hydrogen-bond acceptors (Lipinski definition) is 4. The molecule has 1 rings (SSSR count). The summed E-state index contributed by atoms with van der Waals surface area (Å²) in [5, 5.41) is 10.5. The number of amides is 1. The van der Waals surface area contributed by atoms with Crippen LogP contribution in [0.4, 0.5) is 4.79 Å². The maximum Gasteiger partial charge on any atom is 0.407 e. The highest BCUT2D eigenvalue weighted by Crippen LogP contribution is 2.07. The molecule has 1 amide bonds. The van der Waals surface area contributed by atoms with Gasteiger partial charge in [0.2, 0.25) is 0 Å². The highest BCUT2D eigenvalue weighted by atomic mass is 16.6. The molecule has 2 N–H and O–H groups in total. The molecule has 0 fully saturated rings. The van der Waals surface area contributed by atoms with Crippen molar-refractivity contribution in [2.45, 2.75) is 52.7 Å². The van der Waals surface area contributed by atoms with Crippen LogP contribution in [-0.2, 0) is 24.8 Å². The van der Waals surface area contributed by atoms with Gasteiger partial charge in [-0.2, -0.15) is 5.10 Å². The Morgan fingerprint density at radius 3 is 2.71 bits per heavy atom. The van der Waals surface area contributed by atoms with E-state index in [9.17, 15) is 4.79 Å². The van der Waals surface area contributed by atoms with Crippen LogP contribution in [0.1, 0.15) is 45.4 Å². The van der Waals surface area contributed by atoms with Crippen molar-refractivity contribution in [2.24, 2.45) is 7.05 Å². The van der Waals surface area contributed by atoms with Crippen LogP contribution in [0.5, 0.6) is 0 Å². The van der Waals surface area contributed by atoms with E-state index < -0.39 is 5.60 Å². The molecule has 0 spiro atoms. The van der Waals surface area contributed by atoms with Gasteiger partial charge in [-0.1, -0.05) is 6.92 Å². The first-order valence-corrected chi connectivity index (χ1v) is 7.50. The summed E-state index contributed by atoms with van der Waals surface area (Å²) in [7, 11) is 1.94.